The van der Waals surface area contributed by atoms with Gasteiger partial charge in [0.1, 0.15) is 0 Å². The smallest absolute Gasteiger partial charge is 0.255 e. The van der Waals surface area contributed by atoms with Gasteiger partial charge in [-0.2, -0.15) is 0 Å². The first-order valence-electron chi connectivity index (χ1n) is 8.12. The minimum absolute atomic E-state index is 0.0375. The second-order valence-corrected chi connectivity index (χ2v) is 6.97. The molecule has 1 aliphatic rings. The van der Waals surface area contributed by atoms with Gasteiger partial charge in [0.2, 0.25) is 5.91 Å². The number of nitrogens with one attached hydrogen (secondary N) is 2. The van der Waals surface area contributed by atoms with Crippen molar-refractivity contribution >= 4 is 35.0 Å². The number of hydrogen-bond donors (Lipinski definition) is 2. The molecule has 0 aliphatic carbocycles. The lowest BCUT2D eigenvalue weighted by atomic mass is 10.1. The Morgan fingerprint density at radius 3 is 2.62 bits per heavy atom. The fraction of sp³-hybridized carbons (Fsp3) is 0.263. The Kier molecular flexibility index (Phi) is 5.37. The lowest BCUT2D eigenvalue weighted by Crippen LogP contribution is -2.14. The van der Waals surface area contributed by atoms with E-state index in [0.717, 1.165) is 16.2 Å². The molecule has 0 unspecified atom stereocenters. The van der Waals surface area contributed by atoms with Crippen molar-refractivity contribution in [3.8, 4) is 11.5 Å². The molecule has 2 amide bonds. The van der Waals surface area contributed by atoms with Gasteiger partial charge in [0, 0.05) is 34.4 Å². The molecule has 2 aromatic carbocycles. The van der Waals surface area contributed by atoms with E-state index in [2.05, 4.69) is 10.6 Å². The summed E-state index contributed by atoms with van der Waals surface area (Å²) >= 11 is 1.60. The number of amides is 2. The van der Waals surface area contributed by atoms with Gasteiger partial charge in [-0.05, 0) is 36.8 Å². The zero-order chi connectivity index (χ0) is 18.7. The Hall–Kier alpha value is -2.67. The van der Waals surface area contributed by atoms with E-state index in [1.54, 1.807) is 44.2 Å². The molecule has 0 aromatic heterocycles. The van der Waals surface area contributed by atoms with Crippen LogP contribution in [0.5, 0.6) is 11.5 Å². The van der Waals surface area contributed by atoms with Crippen LogP contribution in [0.4, 0.5) is 11.4 Å². The summed E-state index contributed by atoms with van der Waals surface area (Å²) in [7, 11) is 3.11. The molecule has 1 aliphatic heterocycles. The van der Waals surface area contributed by atoms with E-state index in [1.165, 1.54) is 0 Å². The van der Waals surface area contributed by atoms with Gasteiger partial charge in [0.25, 0.3) is 5.91 Å². The predicted molar refractivity (Wildman–Crippen MR) is 103 cm³/mol. The summed E-state index contributed by atoms with van der Waals surface area (Å²) in [6, 6.07) is 8.86. The maximum atomic E-state index is 12.7. The topological polar surface area (TPSA) is 76.7 Å². The summed E-state index contributed by atoms with van der Waals surface area (Å²) in [5.41, 5.74) is 2.64. The molecule has 0 atom stereocenters. The molecule has 0 saturated heterocycles. The molecule has 0 fully saturated rings. The van der Waals surface area contributed by atoms with Crippen LogP contribution in [-0.2, 0) is 4.79 Å². The van der Waals surface area contributed by atoms with Crippen molar-refractivity contribution in [2.45, 2.75) is 18.2 Å². The zero-order valence-corrected chi connectivity index (χ0v) is 15.7. The van der Waals surface area contributed by atoms with Crippen molar-refractivity contribution < 1.29 is 19.1 Å². The Bertz CT molecular complexity index is 867. The van der Waals surface area contributed by atoms with Gasteiger partial charge in [0.15, 0.2) is 11.5 Å². The second-order valence-electron chi connectivity index (χ2n) is 5.83. The van der Waals surface area contributed by atoms with Crippen LogP contribution in [0.1, 0.15) is 22.3 Å². The maximum Gasteiger partial charge on any atom is 0.255 e. The minimum Gasteiger partial charge on any atom is -0.493 e. The molecule has 0 bridgehead atoms. The van der Waals surface area contributed by atoms with E-state index in [0.29, 0.717) is 34.9 Å². The fourth-order valence-electron chi connectivity index (χ4n) is 2.67. The van der Waals surface area contributed by atoms with Crippen molar-refractivity contribution in [1.29, 1.82) is 0 Å². The third-order valence-electron chi connectivity index (χ3n) is 4.08. The predicted octanol–water partition coefficient (Wildman–Crippen LogP) is 3.70. The minimum atomic E-state index is -0.258. The number of benzene rings is 2. The SMILES string of the molecule is COc1cc(C)c(NC(=O)c2ccc3c(c2)NC(=O)CCS3)cc1OC. The Morgan fingerprint density at radius 2 is 1.88 bits per heavy atom. The molecule has 1 heterocycles. The van der Waals surface area contributed by atoms with Crippen LogP contribution in [0.15, 0.2) is 35.2 Å². The van der Waals surface area contributed by atoms with Crippen LogP contribution in [0, 0.1) is 6.92 Å². The number of methoxy groups -OCH3 is 2. The zero-order valence-electron chi connectivity index (χ0n) is 14.8. The number of carbonyl (C=O) groups is 2. The molecule has 2 aromatic rings. The van der Waals surface area contributed by atoms with E-state index < -0.39 is 0 Å². The number of ether oxygens (including phenoxy) is 2. The first kappa shape index (κ1) is 18.1. The highest BCUT2D eigenvalue weighted by atomic mass is 32.2. The van der Waals surface area contributed by atoms with Crippen molar-refractivity contribution in [3.63, 3.8) is 0 Å². The Labute approximate surface area is 156 Å². The number of fused-ring (bicyclic) bond motifs is 1. The van der Waals surface area contributed by atoms with Gasteiger partial charge in [-0.3, -0.25) is 9.59 Å². The van der Waals surface area contributed by atoms with Crippen LogP contribution in [0.25, 0.3) is 0 Å². The molecule has 2 N–H and O–H groups in total. The summed E-state index contributed by atoms with van der Waals surface area (Å²) in [5, 5.41) is 5.74. The molecule has 6 nitrogen and oxygen atoms in total. The Morgan fingerprint density at radius 1 is 1.15 bits per heavy atom. The summed E-state index contributed by atoms with van der Waals surface area (Å²) in [4.78, 5) is 25.4. The molecular weight excluding hydrogens is 352 g/mol. The molecule has 136 valence electrons. The highest BCUT2D eigenvalue weighted by Crippen LogP contribution is 2.34. The molecule has 0 radical (unpaired) electrons. The summed E-state index contributed by atoms with van der Waals surface area (Å²) in [5.74, 6) is 1.58. The highest BCUT2D eigenvalue weighted by Gasteiger charge is 2.17. The molecule has 0 saturated carbocycles. The van der Waals surface area contributed by atoms with Crippen molar-refractivity contribution in [2.24, 2.45) is 0 Å². The standard InChI is InChI=1S/C19H20N2O4S/c1-11-8-15(24-2)16(25-3)10-13(11)21-19(23)12-4-5-17-14(9-12)20-18(22)6-7-26-17/h4-5,8-10H,6-7H2,1-3H3,(H,20,22)(H,21,23). The largest absolute Gasteiger partial charge is 0.493 e. The average molecular weight is 372 g/mol. The van der Waals surface area contributed by atoms with Crippen molar-refractivity contribution in [3.05, 3.63) is 41.5 Å². The lowest BCUT2D eigenvalue weighted by molar-refractivity contribution is -0.115. The first-order chi connectivity index (χ1) is 12.5. The van der Waals surface area contributed by atoms with Crippen LogP contribution in [0.3, 0.4) is 0 Å². The molecule has 7 heteroatoms. The third-order valence-corrected chi connectivity index (χ3v) is 5.16. The van der Waals surface area contributed by atoms with Gasteiger partial charge in [-0.1, -0.05) is 0 Å². The second kappa shape index (κ2) is 7.70. The lowest BCUT2D eigenvalue weighted by Gasteiger charge is -2.14. The van der Waals surface area contributed by atoms with Gasteiger partial charge in [0.05, 0.1) is 19.9 Å². The number of carbonyl (C=O) groups excluding carboxylic acids is 2. The molecule has 26 heavy (non-hydrogen) atoms. The fourth-order valence-corrected chi connectivity index (χ4v) is 3.61. The van der Waals surface area contributed by atoms with Crippen LogP contribution in [0.2, 0.25) is 0 Å². The number of rotatable bonds is 4. The summed E-state index contributed by atoms with van der Waals surface area (Å²) in [6.45, 7) is 1.88. The normalized spacial score (nSPS) is 13.3. The van der Waals surface area contributed by atoms with Gasteiger partial charge < -0.3 is 20.1 Å². The van der Waals surface area contributed by atoms with Gasteiger partial charge in [-0.25, -0.2) is 0 Å². The van der Waals surface area contributed by atoms with Crippen molar-refractivity contribution in [1.82, 2.24) is 0 Å². The van der Waals surface area contributed by atoms with Crippen LogP contribution >= 0.6 is 11.8 Å². The van der Waals surface area contributed by atoms with Crippen LogP contribution < -0.4 is 20.1 Å². The summed E-state index contributed by atoms with van der Waals surface area (Å²) < 4.78 is 10.6. The van der Waals surface area contributed by atoms with Crippen LogP contribution in [-0.4, -0.2) is 31.8 Å². The quantitative estimate of drug-likeness (QED) is 0.856. The first-order valence-corrected chi connectivity index (χ1v) is 9.11. The van der Waals surface area contributed by atoms with E-state index in [1.807, 2.05) is 19.1 Å². The maximum absolute atomic E-state index is 12.7. The van der Waals surface area contributed by atoms with E-state index in [4.69, 9.17) is 9.47 Å². The van der Waals surface area contributed by atoms with Gasteiger partial charge >= 0.3 is 0 Å². The van der Waals surface area contributed by atoms with E-state index in [9.17, 15) is 9.59 Å². The Balaban J connectivity index is 1.86. The average Bonchev–Trinajstić information content (AvgIpc) is 2.82. The summed E-state index contributed by atoms with van der Waals surface area (Å²) in [6.07, 6.45) is 0.464. The number of thioether (sulfide) groups is 1. The third kappa shape index (κ3) is 3.77. The monoisotopic (exact) mass is 372 g/mol. The molecule has 3 rings (SSSR count). The van der Waals surface area contributed by atoms with E-state index >= 15 is 0 Å². The number of anilines is 2. The number of aryl methyl sites for hydroxylation is 1. The van der Waals surface area contributed by atoms with Gasteiger partial charge in [-0.15, -0.1) is 11.8 Å². The molecule has 0 spiro atoms. The molecular formula is C19H20N2O4S. The van der Waals surface area contributed by atoms with Crippen molar-refractivity contribution in [2.75, 3.05) is 30.6 Å². The number of hydrogen-bond acceptors (Lipinski definition) is 5. The van der Waals surface area contributed by atoms with E-state index in [-0.39, 0.29) is 11.8 Å². The highest BCUT2D eigenvalue weighted by molar-refractivity contribution is 7.99.